The quantitative estimate of drug-likeness (QED) is 0.811. The molecule has 24 heavy (non-hydrogen) atoms. The van der Waals surface area contributed by atoms with E-state index in [1.54, 1.807) is 6.92 Å². The number of fused-ring (bicyclic) bond motifs is 1. The predicted molar refractivity (Wildman–Crippen MR) is 95.4 cm³/mol. The van der Waals surface area contributed by atoms with Crippen LogP contribution in [0.5, 0.6) is 0 Å². The smallest absolute Gasteiger partial charge is 0.133 e. The standard InChI is InChI=1S/C21H30O3/c1-13-4-7-17(23)10-15(13)5-6-16-11-18(24)12-21(3)19(14(2)22)8-9-20(16)21/h5-6,17-20,23-24H,1,4,7-12H2,2-3H3/b15-5-,16-6+/t17-,18-,19+,20-,21+/m0/s1. The zero-order valence-corrected chi connectivity index (χ0v) is 14.9. The van der Waals surface area contributed by atoms with Gasteiger partial charge in [-0.1, -0.05) is 36.8 Å². The van der Waals surface area contributed by atoms with Crippen LogP contribution in [0.25, 0.3) is 0 Å². The van der Waals surface area contributed by atoms with Gasteiger partial charge in [0.2, 0.25) is 0 Å². The molecule has 0 unspecified atom stereocenters. The molecule has 0 aromatic rings. The number of rotatable bonds is 2. The SMILES string of the molecule is C=C1CC[C@H](O)C/C1=C/C=C1\C[C@H](O)C[C@]2(C)[C@@H](C(C)=O)CC[C@@H]12. The number of ketones is 1. The first-order chi connectivity index (χ1) is 11.3. The van der Waals surface area contributed by atoms with Crippen molar-refractivity contribution in [2.24, 2.45) is 17.3 Å². The van der Waals surface area contributed by atoms with Gasteiger partial charge in [-0.2, -0.15) is 0 Å². The second-order valence-electron chi connectivity index (χ2n) is 8.29. The zero-order valence-electron chi connectivity index (χ0n) is 14.9. The highest BCUT2D eigenvalue weighted by atomic mass is 16.3. The lowest BCUT2D eigenvalue weighted by atomic mass is 9.62. The molecule has 3 saturated carbocycles. The van der Waals surface area contributed by atoms with Crippen LogP contribution in [-0.4, -0.2) is 28.2 Å². The largest absolute Gasteiger partial charge is 0.393 e. The molecule has 0 radical (unpaired) electrons. The summed E-state index contributed by atoms with van der Waals surface area (Å²) in [4.78, 5) is 12.1. The third-order valence-corrected chi connectivity index (χ3v) is 6.61. The molecule has 0 saturated heterocycles. The van der Waals surface area contributed by atoms with Gasteiger partial charge in [-0.3, -0.25) is 4.79 Å². The number of Topliss-reactive ketones (excluding diaryl/α,β-unsaturated/α-hetero) is 1. The summed E-state index contributed by atoms with van der Waals surface area (Å²) in [6.07, 6.45) is 9.32. The molecule has 0 aliphatic heterocycles. The summed E-state index contributed by atoms with van der Waals surface area (Å²) >= 11 is 0. The molecule has 0 bridgehead atoms. The van der Waals surface area contributed by atoms with E-state index in [-0.39, 0.29) is 29.3 Å². The molecule has 0 aromatic heterocycles. The van der Waals surface area contributed by atoms with Crippen LogP contribution in [0.3, 0.4) is 0 Å². The first-order valence-electron chi connectivity index (χ1n) is 9.25. The summed E-state index contributed by atoms with van der Waals surface area (Å²) in [5.74, 6) is 0.712. The molecule has 0 heterocycles. The number of carbonyl (C=O) groups is 1. The molecular formula is C21H30O3. The Morgan fingerprint density at radius 2 is 1.92 bits per heavy atom. The fourth-order valence-corrected chi connectivity index (χ4v) is 5.37. The molecule has 2 N–H and O–H groups in total. The minimum atomic E-state index is -0.365. The lowest BCUT2D eigenvalue weighted by Gasteiger charge is -2.43. The van der Waals surface area contributed by atoms with E-state index in [4.69, 9.17) is 0 Å². The van der Waals surface area contributed by atoms with E-state index in [0.29, 0.717) is 18.8 Å². The van der Waals surface area contributed by atoms with Gasteiger partial charge in [0.15, 0.2) is 0 Å². The molecule has 5 atom stereocenters. The molecule has 3 aliphatic rings. The molecular weight excluding hydrogens is 300 g/mol. The predicted octanol–water partition coefficient (Wildman–Crippen LogP) is 3.72. The van der Waals surface area contributed by atoms with Crippen molar-refractivity contribution in [2.45, 2.75) is 71.0 Å². The van der Waals surface area contributed by atoms with Crippen molar-refractivity contribution in [3.05, 3.63) is 35.5 Å². The van der Waals surface area contributed by atoms with E-state index < -0.39 is 0 Å². The van der Waals surface area contributed by atoms with E-state index in [1.807, 2.05) is 0 Å². The fourth-order valence-electron chi connectivity index (χ4n) is 5.37. The van der Waals surface area contributed by atoms with Gasteiger partial charge >= 0.3 is 0 Å². The minimum Gasteiger partial charge on any atom is -0.393 e. The number of carbonyl (C=O) groups excluding carboxylic acids is 1. The van der Waals surface area contributed by atoms with E-state index in [9.17, 15) is 15.0 Å². The first kappa shape index (κ1) is 17.6. The Labute approximate surface area is 145 Å². The minimum absolute atomic E-state index is 0.0694. The second-order valence-corrected chi connectivity index (χ2v) is 8.29. The summed E-state index contributed by atoms with van der Waals surface area (Å²) < 4.78 is 0. The van der Waals surface area contributed by atoms with Gasteiger partial charge in [0, 0.05) is 5.92 Å². The van der Waals surface area contributed by atoms with Crippen LogP contribution in [0, 0.1) is 17.3 Å². The summed E-state index contributed by atoms with van der Waals surface area (Å²) in [5, 5.41) is 20.3. The Morgan fingerprint density at radius 3 is 2.62 bits per heavy atom. The molecule has 0 amide bonds. The average molecular weight is 330 g/mol. The van der Waals surface area contributed by atoms with Crippen LogP contribution in [-0.2, 0) is 4.79 Å². The molecule has 3 nitrogen and oxygen atoms in total. The van der Waals surface area contributed by atoms with Gasteiger partial charge in [-0.15, -0.1) is 0 Å². The summed E-state index contributed by atoms with van der Waals surface area (Å²) in [5.41, 5.74) is 3.39. The maximum Gasteiger partial charge on any atom is 0.133 e. The molecule has 3 rings (SSSR count). The summed E-state index contributed by atoms with van der Waals surface area (Å²) in [7, 11) is 0. The first-order valence-corrected chi connectivity index (χ1v) is 9.25. The van der Waals surface area contributed by atoms with Crippen molar-refractivity contribution < 1.29 is 15.0 Å². The third kappa shape index (κ3) is 3.16. The molecule has 3 aliphatic carbocycles. The van der Waals surface area contributed by atoms with Crippen LogP contribution in [0.2, 0.25) is 0 Å². The van der Waals surface area contributed by atoms with Gasteiger partial charge < -0.3 is 10.2 Å². The average Bonchev–Trinajstić information content (AvgIpc) is 2.84. The number of aliphatic hydroxyl groups excluding tert-OH is 2. The van der Waals surface area contributed by atoms with Crippen LogP contribution in [0.4, 0.5) is 0 Å². The van der Waals surface area contributed by atoms with Crippen molar-refractivity contribution in [3.63, 3.8) is 0 Å². The van der Waals surface area contributed by atoms with Crippen molar-refractivity contribution in [1.29, 1.82) is 0 Å². The highest BCUT2D eigenvalue weighted by molar-refractivity contribution is 5.79. The summed E-state index contributed by atoms with van der Waals surface area (Å²) in [6, 6.07) is 0. The van der Waals surface area contributed by atoms with Crippen molar-refractivity contribution in [3.8, 4) is 0 Å². The number of hydrogen-bond donors (Lipinski definition) is 2. The van der Waals surface area contributed by atoms with Gasteiger partial charge in [0.1, 0.15) is 5.78 Å². The van der Waals surface area contributed by atoms with Crippen molar-refractivity contribution >= 4 is 5.78 Å². The van der Waals surface area contributed by atoms with E-state index in [2.05, 4.69) is 25.7 Å². The molecule has 132 valence electrons. The van der Waals surface area contributed by atoms with Crippen LogP contribution < -0.4 is 0 Å². The topological polar surface area (TPSA) is 57.5 Å². The Morgan fingerprint density at radius 1 is 1.17 bits per heavy atom. The van der Waals surface area contributed by atoms with Crippen LogP contribution in [0.1, 0.15) is 58.8 Å². The maximum atomic E-state index is 12.1. The number of allylic oxidation sites excluding steroid dienone is 3. The monoisotopic (exact) mass is 330 g/mol. The lowest BCUT2D eigenvalue weighted by molar-refractivity contribution is -0.125. The normalized spacial score (nSPS) is 43.2. The summed E-state index contributed by atoms with van der Waals surface area (Å²) in [6.45, 7) is 8.00. The van der Waals surface area contributed by atoms with Crippen molar-refractivity contribution in [1.82, 2.24) is 0 Å². The number of aliphatic hydroxyl groups is 2. The zero-order chi connectivity index (χ0) is 17.5. The third-order valence-electron chi connectivity index (χ3n) is 6.61. The van der Waals surface area contributed by atoms with E-state index in [1.165, 1.54) is 5.57 Å². The van der Waals surface area contributed by atoms with Gasteiger partial charge in [0.05, 0.1) is 12.2 Å². The van der Waals surface area contributed by atoms with E-state index >= 15 is 0 Å². The fraction of sp³-hybridized carbons (Fsp3) is 0.667. The maximum absolute atomic E-state index is 12.1. The second kappa shape index (κ2) is 6.61. The Kier molecular flexibility index (Phi) is 4.85. The highest BCUT2D eigenvalue weighted by Gasteiger charge is 2.52. The molecule has 3 fully saturated rings. The van der Waals surface area contributed by atoms with Crippen LogP contribution in [0.15, 0.2) is 35.5 Å². The number of hydrogen-bond acceptors (Lipinski definition) is 3. The lowest BCUT2D eigenvalue weighted by Crippen LogP contribution is -2.41. The Balaban J connectivity index is 1.87. The highest BCUT2D eigenvalue weighted by Crippen LogP contribution is 2.57. The Bertz CT molecular complexity index is 600. The molecule has 0 aromatic carbocycles. The van der Waals surface area contributed by atoms with Crippen molar-refractivity contribution in [2.75, 3.05) is 0 Å². The van der Waals surface area contributed by atoms with E-state index in [0.717, 1.165) is 43.3 Å². The van der Waals surface area contributed by atoms with Gasteiger partial charge in [0.25, 0.3) is 0 Å². The Hall–Kier alpha value is -1.19. The molecule has 0 spiro atoms. The molecule has 3 heteroatoms. The van der Waals surface area contributed by atoms with Gasteiger partial charge in [-0.05, 0) is 68.8 Å². The van der Waals surface area contributed by atoms with Gasteiger partial charge in [-0.25, -0.2) is 0 Å². The van der Waals surface area contributed by atoms with Crippen LogP contribution >= 0.6 is 0 Å².